The maximum atomic E-state index is 13.3. The molecule has 0 radical (unpaired) electrons. The molecule has 0 unspecified atom stereocenters. The van der Waals surface area contributed by atoms with Gasteiger partial charge < -0.3 is 9.47 Å². The number of hydrogen-bond acceptors (Lipinski definition) is 3. The third kappa shape index (κ3) is 2.46. The fourth-order valence-electron chi connectivity index (χ4n) is 1.19. The van der Waals surface area contributed by atoms with Gasteiger partial charge in [0.15, 0.2) is 0 Å². The summed E-state index contributed by atoms with van der Waals surface area (Å²) >= 11 is 0. The highest BCUT2D eigenvalue weighted by atomic mass is 19.1. The van der Waals surface area contributed by atoms with E-state index in [2.05, 4.69) is 0 Å². The van der Waals surface area contributed by atoms with Crippen molar-refractivity contribution in [2.24, 2.45) is 0 Å². The normalized spacial score (nSPS) is 9.87. The van der Waals surface area contributed by atoms with Crippen molar-refractivity contribution in [2.75, 3.05) is 13.7 Å². The number of carbonyl (C=O) groups excluding carboxylic acids is 1. The van der Waals surface area contributed by atoms with Gasteiger partial charge in [-0.15, -0.1) is 0 Å². The van der Waals surface area contributed by atoms with Crippen LogP contribution in [0.25, 0.3) is 0 Å². The zero-order valence-electron chi connectivity index (χ0n) is 8.96. The predicted molar refractivity (Wildman–Crippen MR) is 53.6 cm³/mol. The Labute approximate surface area is 87.8 Å². The van der Waals surface area contributed by atoms with Crippen LogP contribution < -0.4 is 4.74 Å². The maximum Gasteiger partial charge on any atom is 0.338 e. The van der Waals surface area contributed by atoms with E-state index >= 15 is 0 Å². The first-order valence-corrected chi connectivity index (χ1v) is 4.61. The fourth-order valence-corrected chi connectivity index (χ4v) is 1.19. The molecule has 3 nitrogen and oxygen atoms in total. The first-order chi connectivity index (χ1) is 7.10. The van der Waals surface area contributed by atoms with E-state index in [0.717, 1.165) is 0 Å². The summed E-state index contributed by atoms with van der Waals surface area (Å²) < 4.78 is 23.0. The number of esters is 1. The van der Waals surface area contributed by atoms with E-state index in [1.807, 2.05) is 0 Å². The number of ether oxygens (including phenoxy) is 2. The minimum absolute atomic E-state index is 0.203. The van der Waals surface area contributed by atoms with Crippen molar-refractivity contribution in [1.29, 1.82) is 0 Å². The lowest BCUT2D eigenvalue weighted by molar-refractivity contribution is 0.0524. The smallest absolute Gasteiger partial charge is 0.338 e. The van der Waals surface area contributed by atoms with Gasteiger partial charge >= 0.3 is 5.97 Å². The van der Waals surface area contributed by atoms with Crippen LogP contribution in [-0.4, -0.2) is 19.7 Å². The van der Waals surface area contributed by atoms with Crippen molar-refractivity contribution in [3.05, 3.63) is 29.1 Å². The van der Waals surface area contributed by atoms with E-state index < -0.39 is 11.8 Å². The number of carbonyl (C=O) groups is 1. The number of benzene rings is 1. The Morgan fingerprint density at radius 1 is 1.47 bits per heavy atom. The minimum atomic E-state index is -0.534. The lowest BCUT2D eigenvalue weighted by Gasteiger charge is -2.08. The summed E-state index contributed by atoms with van der Waals surface area (Å²) in [4.78, 5) is 11.4. The van der Waals surface area contributed by atoms with Crippen LogP contribution in [-0.2, 0) is 4.74 Å². The summed E-state index contributed by atoms with van der Waals surface area (Å²) in [5, 5.41) is 0. The molecule has 0 aliphatic heterocycles. The molecule has 1 aromatic carbocycles. The molecule has 0 aliphatic rings. The number of rotatable bonds is 3. The summed E-state index contributed by atoms with van der Waals surface area (Å²) in [6.07, 6.45) is 0. The molecule has 4 heteroatoms. The summed E-state index contributed by atoms with van der Waals surface area (Å²) in [7, 11) is 1.42. The van der Waals surface area contributed by atoms with Crippen LogP contribution in [0.4, 0.5) is 4.39 Å². The Hall–Kier alpha value is -1.58. The number of halogens is 1. The Morgan fingerprint density at radius 3 is 2.67 bits per heavy atom. The Kier molecular flexibility index (Phi) is 3.66. The molecular weight excluding hydrogens is 199 g/mol. The Balaban J connectivity index is 3.15. The molecule has 0 saturated heterocycles. The average molecular weight is 212 g/mol. The third-order valence-electron chi connectivity index (χ3n) is 2.05. The Bertz CT molecular complexity index is 374. The standard InChI is InChI=1S/C11H13FO3/c1-4-15-11(13)9-5-8(14-3)6-10(12)7(9)2/h5-6H,4H2,1-3H3. The summed E-state index contributed by atoms with van der Waals surface area (Å²) in [5.41, 5.74) is 0.475. The summed E-state index contributed by atoms with van der Waals surface area (Å²) in [6, 6.07) is 2.70. The SMILES string of the molecule is CCOC(=O)c1cc(OC)cc(F)c1C. The van der Waals surface area contributed by atoms with Gasteiger partial charge in [-0.1, -0.05) is 0 Å². The van der Waals surface area contributed by atoms with E-state index in [4.69, 9.17) is 9.47 Å². The highest BCUT2D eigenvalue weighted by Crippen LogP contribution is 2.21. The molecule has 1 aromatic rings. The number of methoxy groups -OCH3 is 1. The zero-order chi connectivity index (χ0) is 11.4. The molecule has 0 aromatic heterocycles. The van der Waals surface area contributed by atoms with Crippen LogP contribution in [0, 0.1) is 12.7 Å². The topological polar surface area (TPSA) is 35.5 Å². The van der Waals surface area contributed by atoms with Gasteiger partial charge in [-0.3, -0.25) is 0 Å². The lowest BCUT2D eigenvalue weighted by atomic mass is 10.1. The highest BCUT2D eigenvalue weighted by Gasteiger charge is 2.15. The molecule has 0 N–H and O–H groups in total. The first-order valence-electron chi connectivity index (χ1n) is 4.61. The van der Waals surface area contributed by atoms with Crippen LogP contribution in [0.5, 0.6) is 5.75 Å². The Morgan fingerprint density at radius 2 is 2.13 bits per heavy atom. The first kappa shape index (κ1) is 11.5. The van der Waals surface area contributed by atoms with Gasteiger partial charge in [-0.25, -0.2) is 9.18 Å². The largest absolute Gasteiger partial charge is 0.497 e. The van der Waals surface area contributed by atoms with Crippen molar-refractivity contribution in [3.63, 3.8) is 0 Å². The second-order valence-electron chi connectivity index (χ2n) is 3.00. The predicted octanol–water partition coefficient (Wildman–Crippen LogP) is 2.32. The molecule has 0 atom stereocenters. The maximum absolute atomic E-state index is 13.3. The van der Waals surface area contributed by atoms with E-state index in [-0.39, 0.29) is 17.7 Å². The lowest BCUT2D eigenvalue weighted by Crippen LogP contribution is -2.08. The van der Waals surface area contributed by atoms with E-state index in [1.54, 1.807) is 6.92 Å². The van der Waals surface area contributed by atoms with Crippen molar-refractivity contribution in [3.8, 4) is 5.75 Å². The molecule has 0 heterocycles. The van der Waals surface area contributed by atoms with E-state index in [0.29, 0.717) is 5.75 Å². The minimum Gasteiger partial charge on any atom is -0.497 e. The van der Waals surface area contributed by atoms with Gasteiger partial charge in [0.05, 0.1) is 19.3 Å². The van der Waals surface area contributed by atoms with Crippen LogP contribution in [0.3, 0.4) is 0 Å². The van der Waals surface area contributed by atoms with Crippen molar-refractivity contribution in [2.45, 2.75) is 13.8 Å². The van der Waals surface area contributed by atoms with Gasteiger partial charge in [-0.2, -0.15) is 0 Å². The van der Waals surface area contributed by atoms with Crippen LogP contribution in [0.15, 0.2) is 12.1 Å². The quantitative estimate of drug-likeness (QED) is 0.721. The van der Waals surface area contributed by atoms with Crippen molar-refractivity contribution < 1.29 is 18.7 Å². The second kappa shape index (κ2) is 4.77. The summed E-state index contributed by atoms with van der Waals surface area (Å²) in [5.74, 6) is -0.702. The van der Waals surface area contributed by atoms with Crippen molar-refractivity contribution >= 4 is 5.97 Å². The fraction of sp³-hybridized carbons (Fsp3) is 0.364. The molecule has 0 bridgehead atoms. The van der Waals surface area contributed by atoms with Gasteiger partial charge in [0.2, 0.25) is 0 Å². The van der Waals surface area contributed by atoms with Crippen LogP contribution >= 0.6 is 0 Å². The van der Waals surface area contributed by atoms with Gasteiger partial charge in [0.25, 0.3) is 0 Å². The highest BCUT2D eigenvalue weighted by molar-refractivity contribution is 5.91. The van der Waals surface area contributed by atoms with Crippen LogP contribution in [0.1, 0.15) is 22.8 Å². The van der Waals surface area contributed by atoms with E-state index in [9.17, 15) is 9.18 Å². The molecular formula is C11H13FO3. The van der Waals surface area contributed by atoms with Crippen molar-refractivity contribution in [1.82, 2.24) is 0 Å². The molecule has 0 aliphatic carbocycles. The van der Waals surface area contributed by atoms with Gasteiger partial charge in [0, 0.05) is 6.07 Å². The van der Waals surface area contributed by atoms with E-state index in [1.165, 1.54) is 26.2 Å². The molecule has 82 valence electrons. The van der Waals surface area contributed by atoms with Gasteiger partial charge in [0.1, 0.15) is 11.6 Å². The van der Waals surface area contributed by atoms with Crippen LogP contribution in [0.2, 0.25) is 0 Å². The average Bonchev–Trinajstić information content (AvgIpc) is 2.22. The molecule has 15 heavy (non-hydrogen) atoms. The second-order valence-corrected chi connectivity index (χ2v) is 3.00. The van der Waals surface area contributed by atoms with Gasteiger partial charge in [-0.05, 0) is 25.5 Å². The monoisotopic (exact) mass is 212 g/mol. The third-order valence-corrected chi connectivity index (χ3v) is 2.05. The molecule has 0 saturated carbocycles. The summed E-state index contributed by atoms with van der Waals surface area (Å²) in [6.45, 7) is 3.49. The molecule has 0 fully saturated rings. The molecule has 1 rings (SSSR count). The molecule has 0 amide bonds. The molecule has 0 spiro atoms. The zero-order valence-corrected chi connectivity index (χ0v) is 8.96. The number of hydrogen-bond donors (Lipinski definition) is 0.